The molecule has 0 N–H and O–H groups in total. The fraction of sp³-hybridized carbons (Fsp3) is 1.00. The van der Waals surface area contributed by atoms with E-state index in [4.69, 9.17) is 0 Å². The van der Waals surface area contributed by atoms with Crippen molar-refractivity contribution in [3.8, 4) is 0 Å². The van der Waals surface area contributed by atoms with Gasteiger partial charge in [-0.15, -0.1) is 16.8 Å². The average Bonchev–Trinajstić information content (AvgIpc) is 1.59. The summed E-state index contributed by atoms with van der Waals surface area (Å²) >= 11 is 0. The van der Waals surface area contributed by atoms with Gasteiger partial charge in [-0.2, -0.15) is 0 Å². The first-order valence-electron chi connectivity index (χ1n) is 1.89. The predicted molar refractivity (Wildman–Crippen MR) is 27.4 cm³/mol. The van der Waals surface area contributed by atoms with Gasteiger partial charge in [-0.05, 0) is 0 Å². The molecule has 0 rings (SSSR count). The highest BCUT2D eigenvalue weighted by Crippen LogP contribution is 2.68. The summed E-state index contributed by atoms with van der Waals surface area (Å²) in [5, 5.41) is 0. The second-order valence-corrected chi connectivity index (χ2v) is 4.61. The molecule has 0 saturated carbocycles. The molecule has 0 spiro atoms. The molecule has 0 aromatic rings. The summed E-state index contributed by atoms with van der Waals surface area (Å²) in [5.41, 5.74) is 0. The number of rotatable bonds is 2. The van der Waals surface area contributed by atoms with Crippen molar-refractivity contribution < 1.29 is 25.9 Å². The molecule has 3 nitrogen and oxygen atoms in total. The Labute approximate surface area is 54.3 Å². The summed E-state index contributed by atoms with van der Waals surface area (Å²) in [5.74, 6) is 0. The van der Waals surface area contributed by atoms with E-state index < -0.39 is 20.3 Å². The first-order valence-corrected chi connectivity index (χ1v) is 4.77. The summed E-state index contributed by atoms with van der Waals surface area (Å²) in [4.78, 5) is 0. The van der Waals surface area contributed by atoms with E-state index in [0.29, 0.717) is 0 Å². The number of hydrogen-bond donors (Lipinski definition) is 0. The Hall–Kier alpha value is 0.140. The van der Waals surface area contributed by atoms with Crippen LogP contribution in [0.4, 0.5) is 16.8 Å². The minimum absolute atomic E-state index is 0.140. The first kappa shape index (κ1) is 10.1. The molecule has 0 atom stereocenters. The maximum absolute atomic E-state index is 11.4. The molecule has 0 aromatic heterocycles. The SMILES string of the molecule is CN(P(=O)(F)F)P(=O)(F)F. The zero-order valence-corrected chi connectivity index (χ0v) is 6.46. The van der Waals surface area contributed by atoms with Crippen molar-refractivity contribution in [3.63, 3.8) is 0 Å². The largest absolute Gasteiger partial charge is 0.492 e. The van der Waals surface area contributed by atoms with Gasteiger partial charge in [0.1, 0.15) is 0 Å². The van der Waals surface area contributed by atoms with Crippen LogP contribution in [0.5, 0.6) is 0 Å². The smallest absolute Gasteiger partial charge is 0.231 e. The molecule has 0 saturated heterocycles. The van der Waals surface area contributed by atoms with E-state index in [9.17, 15) is 25.9 Å². The first-order chi connectivity index (χ1) is 4.15. The molecule has 10 heavy (non-hydrogen) atoms. The van der Waals surface area contributed by atoms with Crippen LogP contribution in [0, 0.1) is 0 Å². The van der Waals surface area contributed by atoms with Crippen LogP contribution in [0.15, 0.2) is 0 Å². The van der Waals surface area contributed by atoms with Crippen LogP contribution in [-0.2, 0) is 9.13 Å². The molecule has 0 aliphatic heterocycles. The van der Waals surface area contributed by atoms with Crippen molar-refractivity contribution in [3.05, 3.63) is 0 Å². The third kappa shape index (κ3) is 2.82. The third-order valence-electron chi connectivity index (χ3n) is 0.674. The van der Waals surface area contributed by atoms with Crippen molar-refractivity contribution in [2.75, 3.05) is 7.05 Å². The molecule has 62 valence electrons. The summed E-state index contributed by atoms with van der Waals surface area (Å²) < 4.78 is 63.6. The van der Waals surface area contributed by atoms with Crippen molar-refractivity contribution >= 4 is 15.8 Å². The second-order valence-electron chi connectivity index (χ2n) is 1.36. The van der Waals surface area contributed by atoms with E-state index in [2.05, 4.69) is 0 Å². The van der Waals surface area contributed by atoms with Gasteiger partial charge in [-0.25, -0.2) is 9.13 Å². The van der Waals surface area contributed by atoms with Gasteiger partial charge in [0.2, 0.25) is 0 Å². The molecule has 0 aromatic carbocycles. The second kappa shape index (κ2) is 2.64. The average molecular weight is 199 g/mol. The molecule has 0 aliphatic carbocycles. The van der Waals surface area contributed by atoms with E-state index in [1.54, 1.807) is 0 Å². The van der Waals surface area contributed by atoms with E-state index in [1.165, 1.54) is 0 Å². The van der Waals surface area contributed by atoms with Crippen molar-refractivity contribution in [2.45, 2.75) is 0 Å². The van der Waals surface area contributed by atoms with Crippen LogP contribution >= 0.6 is 15.8 Å². The highest BCUT2D eigenvalue weighted by Gasteiger charge is 2.42. The van der Waals surface area contributed by atoms with Gasteiger partial charge in [-0.1, -0.05) is 4.44 Å². The van der Waals surface area contributed by atoms with Crippen molar-refractivity contribution in [1.82, 2.24) is 4.44 Å². The normalized spacial score (nSPS) is 14.2. The Bertz CT molecular complexity index is 183. The molecule has 0 amide bonds. The molecule has 0 bridgehead atoms. The summed E-state index contributed by atoms with van der Waals surface area (Å²) in [6.45, 7) is 0. The Kier molecular flexibility index (Phi) is 2.68. The van der Waals surface area contributed by atoms with Gasteiger partial charge in [-0.3, -0.25) is 0 Å². The zero-order valence-electron chi connectivity index (χ0n) is 4.67. The topological polar surface area (TPSA) is 37.4 Å². The Morgan fingerprint density at radius 3 is 1.20 bits per heavy atom. The Morgan fingerprint density at radius 2 is 1.20 bits per heavy atom. The maximum Gasteiger partial charge on any atom is 0.492 e. The van der Waals surface area contributed by atoms with Crippen LogP contribution in [0.3, 0.4) is 0 Å². The van der Waals surface area contributed by atoms with Crippen molar-refractivity contribution in [1.29, 1.82) is 0 Å². The fourth-order valence-corrected chi connectivity index (χ4v) is 1.09. The lowest BCUT2D eigenvalue weighted by molar-refractivity contribution is 0.402. The van der Waals surface area contributed by atoms with E-state index in [0.717, 1.165) is 0 Å². The number of hydrogen-bond acceptors (Lipinski definition) is 2. The van der Waals surface area contributed by atoms with Crippen LogP contribution in [-0.4, -0.2) is 11.5 Å². The lowest BCUT2D eigenvalue weighted by Crippen LogP contribution is -2.00. The monoisotopic (exact) mass is 199 g/mol. The number of nitrogens with zero attached hydrogens (tertiary/aromatic N) is 1. The Morgan fingerprint density at radius 1 is 1.00 bits per heavy atom. The Balaban J connectivity index is 4.56. The van der Waals surface area contributed by atoms with Gasteiger partial charge >= 0.3 is 15.8 Å². The van der Waals surface area contributed by atoms with Crippen LogP contribution in [0.25, 0.3) is 0 Å². The lowest BCUT2D eigenvalue weighted by atomic mass is 11.6. The molecular weight excluding hydrogens is 196 g/mol. The predicted octanol–water partition coefficient (Wildman–Crippen LogP) is 3.01. The van der Waals surface area contributed by atoms with E-state index >= 15 is 0 Å². The summed E-state index contributed by atoms with van der Waals surface area (Å²) in [6, 6.07) is 0. The minimum Gasteiger partial charge on any atom is -0.231 e. The molecule has 9 heteroatoms. The highest BCUT2D eigenvalue weighted by atomic mass is 31.3. The quantitative estimate of drug-likeness (QED) is 0.506. The maximum atomic E-state index is 11.4. The van der Waals surface area contributed by atoms with Gasteiger partial charge in [0.05, 0.1) is 0 Å². The van der Waals surface area contributed by atoms with E-state index in [-0.39, 0.29) is 7.05 Å². The molecule has 0 fully saturated rings. The van der Waals surface area contributed by atoms with Gasteiger partial charge in [0.15, 0.2) is 0 Å². The zero-order chi connectivity index (χ0) is 8.58. The van der Waals surface area contributed by atoms with Gasteiger partial charge in [0, 0.05) is 7.05 Å². The molecular formula is CH3F4NO2P2. The van der Waals surface area contributed by atoms with Crippen LogP contribution in [0.1, 0.15) is 0 Å². The van der Waals surface area contributed by atoms with Crippen LogP contribution in [0.2, 0.25) is 0 Å². The lowest BCUT2D eigenvalue weighted by Gasteiger charge is -2.10. The van der Waals surface area contributed by atoms with Crippen LogP contribution < -0.4 is 0 Å². The number of halogens is 4. The summed E-state index contributed by atoms with van der Waals surface area (Å²) in [7, 11) is -12.0. The molecule has 0 radical (unpaired) electrons. The standard InChI is InChI=1S/CH3F4NO2P2/c1-6(9(2,3)7)10(4,5)8/h1H3. The van der Waals surface area contributed by atoms with Gasteiger partial charge in [0.25, 0.3) is 0 Å². The third-order valence-corrected chi connectivity index (χ3v) is 3.27. The van der Waals surface area contributed by atoms with Gasteiger partial charge < -0.3 is 0 Å². The van der Waals surface area contributed by atoms with E-state index in [1.807, 2.05) is 0 Å². The molecule has 0 unspecified atom stereocenters. The fourth-order valence-electron chi connectivity index (χ4n) is 0.121. The summed E-state index contributed by atoms with van der Waals surface area (Å²) in [6.07, 6.45) is 0. The molecule has 0 aliphatic rings. The highest BCUT2D eigenvalue weighted by molar-refractivity contribution is 7.66. The molecule has 0 heterocycles. The minimum atomic E-state index is -6.06. The van der Waals surface area contributed by atoms with Crippen molar-refractivity contribution in [2.24, 2.45) is 0 Å².